The Hall–Kier alpha value is -2.01. The van der Waals surface area contributed by atoms with Crippen LogP contribution in [-0.2, 0) is 0 Å². The Balaban J connectivity index is 1.88. The minimum atomic E-state index is -0.0431. The van der Waals surface area contributed by atoms with Crippen molar-refractivity contribution in [3.8, 4) is 0 Å². The summed E-state index contributed by atoms with van der Waals surface area (Å²) in [6.07, 6.45) is 0.971. The molecule has 5 heteroatoms. The van der Waals surface area contributed by atoms with Crippen molar-refractivity contribution in [3.63, 3.8) is 0 Å². The largest absolute Gasteiger partial charge is 0.451 e. The summed E-state index contributed by atoms with van der Waals surface area (Å²) < 4.78 is 5.61. The zero-order valence-corrected chi connectivity index (χ0v) is 10.7. The van der Waals surface area contributed by atoms with Crippen LogP contribution in [0.3, 0.4) is 0 Å². The second-order valence-electron chi connectivity index (χ2n) is 4.80. The number of carbonyl (C=O) groups is 1. The average molecular weight is 259 g/mol. The summed E-state index contributed by atoms with van der Waals surface area (Å²) in [5.74, 6) is 0.348. The first-order valence-corrected chi connectivity index (χ1v) is 6.53. The maximum absolute atomic E-state index is 12.4. The van der Waals surface area contributed by atoms with Gasteiger partial charge >= 0.3 is 0 Å². The fraction of sp³-hybridized carbons (Fsp3) is 0.357. The molecule has 0 unspecified atom stereocenters. The molecule has 3 rings (SSSR count). The lowest BCUT2D eigenvalue weighted by atomic mass is 10.2. The molecule has 1 aromatic heterocycles. The SMILES string of the molecule is Nc1ccc2oc(C(=O)N3CCCNCC3)cc2c1. The highest BCUT2D eigenvalue weighted by Crippen LogP contribution is 2.22. The number of anilines is 1. The predicted octanol–water partition coefficient (Wildman–Crippen LogP) is 1.45. The number of nitrogen functional groups attached to an aromatic ring is 1. The van der Waals surface area contributed by atoms with Gasteiger partial charge in [-0.05, 0) is 37.2 Å². The van der Waals surface area contributed by atoms with Crippen LogP contribution < -0.4 is 11.1 Å². The topological polar surface area (TPSA) is 71.5 Å². The minimum absolute atomic E-state index is 0.0431. The monoisotopic (exact) mass is 259 g/mol. The second kappa shape index (κ2) is 4.93. The number of nitrogens with two attached hydrogens (primary N) is 1. The van der Waals surface area contributed by atoms with Crippen LogP contribution in [0.4, 0.5) is 5.69 Å². The van der Waals surface area contributed by atoms with Crippen molar-refractivity contribution in [2.45, 2.75) is 6.42 Å². The number of amides is 1. The summed E-state index contributed by atoms with van der Waals surface area (Å²) in [6.45, 7) is 3.28. The third-order valence-corrected chi connectivity index (χ3v) is 3.38. The maximum Gasteiger partial charge on any atom is 0.289 e. The average Bonchev–Trinajstić information content (AvgIpc) is 2.64. The number of benzene rings is 1. The van der Waals surface area contributed by atoms with Crippen molar-refractivity contribution in [1.29, 1.82) is 0 Å². The summed E-state index contributed by atoms with van der Waals surface area (Å²) in [7, 11) is 0. The van der Waals surface area contributed by atoms with Crippen molar-refractivity contribution >= 4 is 22.6 Å². The highest BCUT2D eigenvalue weighted by atomic mass is 16.3. The van der Waals surface area contributed by atoms with E-state index >= 15 is 0 Å². The fourth-order valence-corrected chi connectivity index (χ4v) is 2.37. The number of hydrogen-bond donors (Lipinski definition) is 2. The predicted molar refractivity (Wildman–Crippen MR) is 74.0 cm³/mol. The summed E-state index contributed by atoms with van der Waals surface area (Å²) in [5.41, 5.74) is 7.10. The van der Waals surface area contributed by atoms with E-state index in [1.807, 2.05) is 11.0 Å². The van der Waals surface area contributed by atoms with E-state index < -0.39 is 0 Å². The highest BCUT2D eigenvalue weighted by Gasteiger charge is 2.20. The van der Waals surface area contributed by atoms with E-state index in [1.165, 1.54) is 0 Å². The molecule has 1 aromatic carbocycles. The van der Waals surface area contributed by atoms with Crippen molar-refractivity contribution in [2.24, 2.45) is 0 Å². The van der Waals surface area contributed by atoms with E-state index in [0.717, 1.165) is 38.0 Å². The van der Waals surface area contributed by atoms with Gasteiger partial charge in [-0.15, -0.1) is 0 Å². The van der Waals surface area contributed by atoms with Gasteiger partial charge in [0, 0.05) is 30.7 Å². The standard InChI is InChI=1S/C14H17N3O2/c15-11-2-3-12-10(8-11)9-13(19-12)14(18)17-6-1-4-16-5-7-17/h2-3,8-9,16H,1,4-7,15H2. The van der Waals surface area contributed by atoms with Crippen LogP contribution in [0.1, 0.15) is 17.0 Å². The smallest absolute Gasteiger partial charge is 0.289 e. The third kappa shape index (κ3) is 2.42. The van der Waals surface area contributed by atoms with E-state index in [2.05, 4.69) is 5.32 Å². The van der Waals surface area contributed by atoms with Gasteiger partial charge in [0.15, 0.2) is 5.76 Å². The molecule has 0 saturated carbocycles. The van der Waals surface area contributed by atoms with Crippen molar-refractivity contribution < 1.29 is 9.21 Å². The molecule has 2 heterocycles. The number of rotatable bonds is 1. The van der Waals surface area contributed by atoms with Gasteiger partial charge in [0.05, 0.1) is 0 Å². The molecule has 19 heavy (non-hydrogen) atoms. The second-order valence-corrected chi connectivity index (χ2v) is 4.80. The molecule has 1 amide bonds. The van der Waals surface area contributed by atoms with Crippen LogP contribution in [0, 0.1) is 0 Å². The van der Waals surface area contributed by atoms with Crippen LogP contribution in [0.2, 0.25) is 0 Å². The first-order valence-electron chi connectivity index (χ1n) is 6.53. The number of furan rings is 1. The molecule has 5 nitrogen and oxygen atoms in total. The molecule has 100 valence electrons. The molecule has 3 N–H and O–H groups in total. The Kier molecular flexibility index (Phi) is 3.13. The van der Waals surface area contributed by atoms with Crippen molar-refractivity contribution in [1.82, 2.24) is 10.2 Å². The molecule has 0 bridgehead atoms. The molecular formula is C14H17N3O2. The summed E-state index contributed by atoms with van der Waals surface area (Å²) in [6, 6.07) is 7.16. The number of carbonyl (C=O) groups excluding carboxylic acids is 1. The van der Waals surface area contributed by atoms with Crippen LogP contribution in [-0.4, -0.2) is 37.0 Å². The van der Waals surface area contributed by atoms with Crippen molar-refractivity contribution in [2.75, 3.05) is 31.9 Å². The van der Waals surface area contributed by atoms with E-state index in [4.69, 9.17) is 10.2 Å². The van der Waals surface area contributed by atoms with E-state index in [1.54, 1.807) is 18.2 Å². The van der Waals surface area contributed by atoms with Gasteiger partial charge in [-0.3, -0.25) is 4.79 Å². The molecule has 0 radical (unpaired) electrons. The minimum Gasteiger partial charge on any atom is -0.451 e. The molecule has 0 spiro atoms. The Morgan fingerprint density at radius 2 is 2.16 bits per heavy atom. The van der Waals surface area contributed by atoms with E-state index in [0.29, 0.717) is 17.0 Å². The first kappa shape index (κ1) is 12.0. The van der Waals surface area contributed by atoms with Gasteiger partial charge in [-0.1, -0.05) is 0 Å². The Morgan fingerprint density at radius 3 is 3.05 bits per heavy atom. The maximum atomic E-state index is 12.4. The molecule has 0 aliphatic carbocycles. The molecule has 1 saturated heterocycles. The lowest BCUT2D eigenvalue weighted by molar-refractivity contribution is 0.0737. The molecule has 1 fully saturated rings. The van der Waals surface area contributed by atoms with Gasteiger partial charge in [-0.2, -0.15) is 0 Å². The zero-order chi connectivity index (χ0) is 13.2. The van der Waals surface area contributed by atoms with Crippen LogP contribution in [0.15, 0.2) is 28.7 Å². The van der Waals surface area contributed by atoms with Crippen molar-refractivity contribution in [3.05, 3.63) is 30.0 Å². The Labute approximate surface area is 111 Å². The Morgan fingerprint density at radius 1 is 1.26 bits per heavy atom. The molecule has 0 atom stereocenters. The summed E-state index contributed by atoms with van der Waals surface area (Å²) >= 11 is 0. The lowest BCUT2D eigenvalue weighted by Crippen LogP contribution is -2.33. The van der Waals surface area contributed by atoms with Gasteiger partial charge in [0.1, 0.15) is 5.58 Å². The van der Waals surface area contributed by atoms with Gasteiger partial charge < -0.3 is 20.4 Å². The molecular weight excluding hydrogens is 242 g/mol. The van der Waals surface area contributed by atoms with E-state index in [9.17, 15) is 4.79 Å². The van der Waals surface area contributed by atoms with E-state index in [-0.39, 0.29) is 5.91 Å². The summed E-state index contributed by atoms with van der Waals surface area (Å²) in [4.78, 5) is 14.2. The zero-order valence-electron chi connectivity index (χ0n) is 10.7. The lowest BCUT2D eigenvalue weighted by Gasteiger charge is -2.18. The molecule has 1 aliphatic rings. The number of fused-ring (bicyclic) bond motifs is 1. The van der Waals surface area contributed by atoms with Gasteiger partial charge in [0.25, 0.3) is 5.91 Å². The van der Waals surface area contributed by atoms with Gasteiger partial charge in [0.2, 0.25) is 0 Å². The molecule has 2 aromatic rings. The Bertz CT molecular complexity index is 598. The number of nitrogens with zero attached hydrogens (tertiary/aromatic N) is 1. The first-order chi connectivity index (χ1) is 9.24. The van der Waals surface area contributed by atoms with Crippen LogP contribution in [0.25, 0.3) is 11.0 Å². The quantitative estimate of drug-likeness (QED) is 0.760. The number of nitrogens with one attached hydrogen (secondary N) is 1. The highest BCUT2D eigenvalue weighted by molar-refractivity contribution is 5.96. The normalized spacial score (nSPS) is 16.5. The number of hydrogen-bond acceptors (Lipinski definition) is 4. The summed E-state index contributed by atoms with van der Waals surface area (Å²) in [5, 5.41) is 4.15. The molecule has 1 aliphatic heterocycles. The van der Waals surface area contributed by atoms with Crippen LogP contribution >= 0.6 is 0 Å². The van der Waals surface area contributed by atoms with Crippen LogP contribution in [0.5, 0.6) is 0 Å². The fourth-order valence-electron chi connectivity index (χ4n) is 2.37. The third-order valence-electron chi connectivity index (χ3n) is 3.38. The van der Waals surface area contributed by atoms with Gasteiger partial charge in [-0.25, -0.2) is 0 Å².